The molecule has 0 saturated carbocycles. The molecule has 1 unspecified atom stereocenters. The van der Waals surface area contributed by atoms with Crippen molar-refractivity contribution in [2.75, 3.05) is 13.2 Å². The summed E-state index contributed by atoms with van der Waals surface area (Å²) >= 11 is 0. The first kappa shape index (κ1) is 14.5. The molecule has 0 fully saturated rings. The molecule has 0 aliphatic heterocycles. The Morgan fingerprint density at radius 2 is 2.25 bits per heavy atom. The Bertz CT molecular complexity index is 240. The average Bonchev–Trinajstić information content (AvgIpc) is 2.24. The molecule has 16 heavy (non-hydrogen) atoms. The number of carboxylic acids is 1. The van der Waals surface area contributed by atoms with Crippen molar-refractivity contribution in [2.45, 2.75) is 26.2 Å². The van der Waals surface area contributed by atoms with Crippen LogP contribution in [0.5, 0.6) is 0 Å². The molecule has 5 nitrogen and oxygen atoms in total. The Hall–Kier alpha value is -1.52. The maximum Gasteiger partial charge on any atom is 0.407 e. The number of alkyl carbamates (subject to hydrolysis) is 1. The third kappa shape index (κ3) is 6.86. The number of carboxylic acid groups (broad SMARTS) is 1. The maximum atomic E-state index is 11.1. The fraction of sp³-hybridized carbons (Fsp3) is 0.636. The van der Waals surface area contributed by atoms with Crippen LogP contribution in [0.4, 0.5) is 4.79 Å². The van der Waals surface area contributed by atoms with E-state index in [4.69, 9.17) is 9.84 Å². The Balaban J connectivity index is 3.78. The fourth-order valence-corrected chi connectivity index (χ4v) is 1.04. The van der Waals surface area contributed by atoms with Crippen molar-refractivity contribution < 1.29 is 19.4 Å². The maximum absolute atomic E-state index is 11.1. The van der Waals surface area contributed by atoms with E-state index in [0.717, 1.165) is 12.8 Å². The molecule has 92 valence electrons. The predicted molar refractivity (Wildman–Crippen MR) is 60.2 cm³/mol. The lowest BCUT2D eigenvalue weighted by atomic mass is 10.1. The van der Waals surface area contributed by atoms with Gasteiger partial charge in [0.05, 0.1) is 12.5 Å². The Morgan fingerprint density at radius 3 is 2.75 bits per heavy atom. The molecule has 1 atom stereocenters. The molecule has 1 amide bonds. The second-order valence-electron chi connectivity index (χ2n) is 3.43. The number of ether oxygens (including phenoxy) is 1. The van der Waals surface area contributed by atoms with Crippen LogP contribution in [0.2, 0.25) is 0 Å². The first-order chi connectivity index (χ1) is 7.61. The summed E-state index contributed by atoms with van der Waals surface area (Å²) in [6.45, 7) is 5.88. The van der Waals surface area contributed by atoms with Gasteiger partial charge in [0, 0.05) is 6.54 Å². The standard InChI is InChI=1S/C11H19NO4/c1-3-5-7-16-11(15)12-8-9(6-4-2)10(13)14/h4,9H,2-3,5-8H2,1H3,(H,12,15)(H,13,14). The second-order valence-corrected chi connectivity index (χ2v) is 3.43. The topological polar surface area (TPSA) is 75.6 Å². The van der Waals surface area contributed by atoms with E-state index in [1.165, 1.54) is 6.08 Å². The van der Waals surface area contributed by atoms with Gasteiger partial charge in [-0.25, -0.2) is 4.79 Å². The zero-order valence-electron chi connectivity index (χ0n) is 9.57. The average molecular weight is 229 g/mol. The number of rotatable bonds is 8. The fourth-order valence-electron chi connectivity index (χ4n) is 1.04. The first-order valence-electron chi connectivity index (χ1n) is 5.36. The monoisotopic (exact) mass is 229 g/mol. The van der Waals surface area contributed by atoms with Crippen molar-refractivity contribution in [3.05, 3.63) is 12.7 Å². The number of carbonyl (C=O) groups is 2. The number of unbranched alkanes of at least 4 members (excludes halogenated alkanes) is 1. The number of hydrogen-bond donors (Lipinski definition) is 2. The Labute approximate surface area is 95.5 Å². The van der Waals surface area contributed by atoms with Gasteiger partial charge in [0.15, 0.2) is 0 Å². The summed E-state index contributed by atoms with van der Waals surface area (Å²) in [6.07, 6.45) is 3.03. The summed E-state index contributed by atoms with van der Waals surface area (Å²) in [7, 11) is 0. The van der Waals surface area contributed by atoms with Gasteiger partial charge in [-0.05, 0) is 12.8 Å². The zero-order chi connectivity index (χ0) is 12.4. The molecule has 0 spiro atoms. The van der Waals surface area contributed by atoms with E-state index in [0.29, 0.717) is 13.0 Å². The van der Waals surface area contributed by atoms with E-state index < -0.39 is 18.0 Å². The van der Waals surface area contributed by atoms with Crippen LogP contribution >= 0.6 is 0 Å². The molecule has 0 aliphatic rings. The van der Waals surface area contributed by atoms with Crippen molar-refractivity contribution in [1.29, 1.82) is 0 Å². The lowest BCUT2D eigenvalue weighted by molar-refractivity contribution is -0.141. The summed E-state index contributed by atoms with van der Waals surface area (Å²) in [6, 6.07) is 0. The second kappa shape index (κ2) is 8.76. The molecule has 0 bridgehead atoms. The Morgan fingerprint density at radius 1 is 1.56 bits per heavy atom. The number of amides is 1. The third-order valence-corrected chi connectivity index (χ3v) is 2.02. The number of hydrogen-bond acceptors (Lipinski definition) is 3. The molecule has 0 aromatic heterocycles. The van der Waals surface area contributed by atoms with E-state index in [1.807, 2.05) is 6.92 Å². The van der Waals surface area contributed by atoms with Gasteiger partial charge >= 0.3 is 12.1 Å². The van der Waals surface area contributed by atoms with Gasteiger partial charge in [0.25, 0.3) is 0 Å². The van der Waals surface area contributed by atoms with Crippen LogP contribution in [-0.4, -0.2) is 30.3 Å². The largest absolute Gasteiger partial charge is 0.481 e. The van der Waals surface area contributed by atoms with Crippen LogP contribution in [0.3, 0.4) is 0 Å². The van der Waals surface area contributed by atoms with Crippen LogP contribution in [0.1, 0.15) is 26.2 Å². The summed E-state index contributed by atoms with van der Waals surface area (Å²) in [5.74, 6) is -1.59. The van der Waals surface area contributed by atoms with Crippen molar-refractivity contribution >= 4 is 12.1 Å². The van der Waals surface area contributed by atoms with Crippen LogP contribution in [0.25, 0.3) is 0 Å². The van der Waals surface area contributed by atoms with E-state index in [2.05, 4.69) is 11.9 Å². The van der Waals surface area contributed by atoms with Crippen molar-refractivity contribution in [1.82, 2.24) is 5.32 Å². The SMILES string of the molecule is C=CCC(CNC(=O)OCCCC)C(=O)O. The highest BCUT2D eigenvalue weighted by atomic mass is 16.5. The van der Waals surface area contributed by atoms with Gasteiger partial charge in [0.1, 0.15) is 0 Å². The van der Waals surface area contributed by atoms with Gasteiger partial charge in [0.2, 0.25) is 0 Å². The van der Waals surface area contributed by atoms with E-state index in [9.17, 15) is 9.59 Å². The van der Waals surface area contributed by atoms with Crippen LogP contribution in [-0.2, 0) is 9.53 Å². The molecule has 0 saturated heterocycles. The highest BCUT2D eigenvalue weighted by molar-refractivity contribution is 5.72. The van der Waals surface area contributed by atoms with Gasteiger partial charge in [-0.1, -0.05) is 19.4 Å². The van der Waals surface area contributed by atoms with Crippen LogP contribution in [0, 0.1) is 5.92 Å². The Kier molecular flexibility index (Phi) is 7.93. The third-order valence-electron chi connectivity index (χ3n) is 2.02. The molecule has 0 aromatic carbocycles. The normalized spacial score (nSPS) is 11.6. The van der Waals surface area contributed by atoms with E-state index >= 15 is 0 Å². The summed E-state index contributed by atoms with van der Waals surface area (Å²) < 4.78 is 4.82. The van der Waals surface area contributed by atoms with Gasteiger partial charge < -0.3 is 15.2 Å². The quantitative estimate of drug-likeness (QED) is 0.491. The van der Waals surface area contributed by atoms with Gasteiger partial charge in [-0.15, -0.1) is 6.58 Å². The van der Waals surface area contributed by atoms with Crippen molar-refractivity contribution in [3.8, 4) is 0 Å². The van der Waals surface area contributed by atoms with Crippen molar-refractivity contribution in [2.24, 2.45) is 5.92 Å². The smallest absolute Gasteiger partial charge is 0.407 e. The molecule has 5 heteroatoms. The lowest BCUT2D eigenvalue weighted by Crippen LogP contribution is -2.33. The minimum Gasteiger partial charge on any atom is -0.481 e. The van der Waals surface area contributed by atoms with Gasteiger partial charge in [-0.2, -0.15) is 0 Å². The molecule has 0 aliphatic carbocycles. The molecule has 0 radical (unpaired) electrons. The number of aliphatic carboxylic acids is 1. The zero-order valence-corrected chi connectivity index (χ0v) is 9.57. The van der Waals surface area contributed by atoms with E-state index in [1.54, 1.807) is 0 Å². The first-order valence-corrected chi connectivity index (χ1v) is 5.36. The molecular formula is C11H19NO4. The van der Waals surface area contributed by atoms with Crippen LogP contribution in [0.15, 0.2) is 12.7 Å². The summed E-state index contributed by atoms with van der Waals surface area (Å²) in [5.41, 5.74) is 0. The minimum atomic E-state index is -0.950. The summed E-state index contributed by atoms with van der Waals surface area (Å²) in [5, 5.41) is 11.2. The highest BCUT2D eigenvalue weighted by Gasteiger charge is 2.16. The number of nitrogens with one attached hydrogen (secondary N) is 1. The predicted octanol–water partition coefficient (Wildman–Crippen LogP) is 1.79. The van der Waals surface area contributed by atoms with Crippen molar-refractivity contribution in [3.63, 3.8) is 0 Å². The molecular weight excluding hydrogens is 210 g/mol. The minimum absolute atomic E-state index is 0.0618. The summed E-state index contributed by atoms with van der Waals surface area (Å²) in [4.78, 5) is 21.8. The molecule has 0 rings (SSSR count). The molecule has 0 aromatic rings. The number of allylic oxidation sites excluding steroid dienone is 1. The van der Waals surface area contributed by atoms with Gasteiger partial charge in [-0.3, -0.25) is 4.79 Å². The highest BCUT2D eigenvalue weighted by Crippen LogP contribution is 2.02. The number of carbonyl (C=O) groups excluding carboxylic acids is 1. The van der Waals surface area contributed by atoms with E-state index in [-0.39, 0.29) is 6.54 Å². The lowest BCUT2D eigenvalue weighted by Gasteiger charge is -2.11. The molecule has 0 heterocycles. The van der Waals surface area contributed by atoms with Crippen LogP contribution < -0.4 is 5.32 Å². The molecule has 2 N–H and O–H groups in total.